The number of benzene rings is 1. The van der Waals surface area contributed by atoms with E-state index in [2.05, 4.69) is 21.6 Å². The predicted molar refractivity (Wildman–Crippen MR) is 93.1 cm³/mol. The van der Waals surface area contributed by atoms with Crippen LogP contribution >= 0.6 is 11.3 Å². The van der Waals surface area contributed by atoms with Crippen LogP contribution in [0.15, 0.2) is 30.5 Å². The van der Waals surface area contributed by atoms with Gasteiger partial charge in [0.25, 0.3) is 0 Å². The van der Waals surface area contributed by atoms with E-state index in [1.54, 1.807) is 0 Å². The van der Waals surface area contributed by atoms with Gasteiger partial charge in [0.1, 0.15) is 11.1 Å². The van der Waals surface area contributed by atoms with Crippen LogP contribution in [-0.4, -0.2) is 27.3 Å². The Morgan fingerprint density at radius 1 is 1.42 bits per heavy atom. The molecule has 3 heterocycles. The number of aromatic nitrogens is 3. The maximum absolute atomic E-state index is 12.4. The average molecular weight is 342 g/mol. The molecule has 3 aromatic rings. The first-order chi connectivity index (χ1) is 11.7. The molecule has 1 aliphatic heterocycles. The Morgan fingerprint density at radius 3 is 3.12 bits per heavy atom. The number of carbonyl (C=O) groups excluding carboxylic acids is 1. The number of hydrogen-bond donors (Lipinski definition) is 1. The molecule has 1 atom stereocenters. The fourth-order valence-corrected chi connectivity index (χ4v) is 3.93. The Morgan fingerprint density at radius 2 is 2.29 bits per heavy atom. The topological polar surface area (TPSA) is 69.0 Å². The van der Waals surface area contributed by atoms with E-state index in [1.807, 2.05) is 36.0 Å². The van der Waals surface area contributed by atoms with E-state index in [9.17, 15) is 4.79 Å². The van der Waals surface area contributed by atoms with Crippen LogP contribution < -0.4 is 5.32 Å². The number of ether oxygens (including phenoxy) is 1. The van der Waals surface area contributed by atoms with Crippen LogP contribution in [-0.2, 0) is 23.0 Å². The lowest BCUT2D eigenvalue weighted by Gasteiger charge is -2.02. The van der Waals surface area contributed by atoms with Gasteiger partial charge in [-0.2, -0.15) is 0 Å². The number of rotatable bonds is 4. The summed E-state index contributed by atoms with van der Waals surface area (Å²) in [4.78, 5) is 12.4. The summed E-state index contributed by atoms with van der Waals surface area (Å²) in [6.45, 7) is 0.771. The number of amides is 1. The number of para-hydroxylation sites is 1. The molecule has 1 amide bonds. The van der Waals surface area contributed by atoms with Crippen LogP contribution in [0.4, 0.5) is 5.13 Å². The fourth-order valence-electron chi connectivity index (χ4n) is 3.09. The lowest BCUT2D eigenvalue weighted by molar-refractivity contribution is -0.115. The Bertz CT molecular complexity index is 880. The second kappa shape index (κ2) is 6.33. The molecule has 6 nitrogen and oxygen atoms in total. The molecule has 7 heteroatoms. The van der Waals surface area contributed by atoms with Crippen molar-refractivity contribution in [2.45, 2.75) is 25.4 Å². The van der Waals surface area contributed by atoms with Crippen LogP contribution in [0.25, 0.3) is 10.9 Å². The molecule has 1 saturated heterocycles. The Hall–Kier alpha value is -2.25. The zero-order valence-corrected chi connectivity index (χ0v) is 14.2. The smallest absolute Gasteiger partial charge is 0.230 e. The summed E-state index contributed by atoms with van der Waals surface area (Å²) in [5.74, 6) is -0.0820. The van der Waals surface area contributed by atoms with Gasteiger partial charge in [-0.25, -0.2) is 0 Å². The minimum Gasteiger partial charge on any atom is -0.371 e. The zero-order valence-electron chi connectivity index (χ0n) is 13.4. The highest BCUT2D eigenvalue weighted by atomic mass is 32.1. The Labute approximate surface area is 143 Å². The first-order valence-corrected chi connectivity index (χ1v) is 8.80. The van der Waals surface area contributed by atoms with Crippen LogP contribution in [0.3, 0.4) is 0 Å². The third-order valence-electron chi connectivity index (χ3n) is 4.22. The molecule has 1 fully saturated rings. The van der Waals surface area contributed by atoms with Gasteiger partial charge in [-0.1, -0.05) is 29.5 Å². The number of nitrogens with zero attached hydrogens (tertiary/aromatic N) is 3. The van der Waals surface area contributed by atoms with Gasteiger partial charge in [-0.15, -0.1) is 10.2 Å². The van der Waals surface area contributed by atoms with Gasteiger partial charge in [0.15, 0.2) is 0 Å². The zero-order chi connectivity index (χ0) is 16.5. The van der Waals surface area contributed by atoms with Gasteiger partial charge in [0.05, 0.1) is 6.42 Å². The predicted octanol–water partition coefficient (Wildman–Crippen LogP) is 3.06. The number of nitrogens with one attached hydrogen (secondary N) is 1. The Kier molecular flexibility index (Phi) is 4.03. The normalized spacial score (nSPS) is 17.5. The molecule has 124 valence electrons. The van der Waals surface area contributed by atoms with Crippen LogP contribution in [0.1, 0.15) is 29.5 Å². The van der Waals surface area contributed by atoms with Gasteiger partial charge in [0.2, 0.25) is 11.0 Å². The van der Waals surface area contributed by atoms with Crippen molar-refractivity contribution in [3.63, 3.8) is 0 Å². The summed E-state index contributed by atoms with van der Waals surface area (Å²) in [5, 5.41) is 13.5. The number of hydrogen-bond acceptors (Lipinski definition) is 5. The number of anilines is 1. The van der Waals surface area contributed by atoms with Gasteiger partial charge in [-0.05, 0) is 24.5 Å². The van der Waals surface area contributed by atoms with Crippen molar-refractivity contribution >= 4 is 33.3 Å². The first kappa shape index (κ1) is 15.3. The molecule has 1 N–H and O–H groups in total. The maximum atomic E-state index is 12.4. The number of carbonyl (C=O) groups is 1. The first-order valence-electron chi connectivity index (χ1n) is 7.98. The van der Waals surface area contributed by atoms with E-state index in [0.717, 1.165) is 40.9 Å². The van der Waals surface area contributed by atoms with Crippen molar-refractivity contribution in [2.75, 3.05) is 11.9 Å². The largest absolute Gasteiger partial charge is 0.371 e. The van der Waals surface area contributed by atoms with E-state index >= 15 is 0 Å². The lowest BCUT2D eigenvalue weighted by atomic mass is 10.1. The summed E-state index contributed by atoms with van der Waals surface area (Å²) >= 11 is 1.39. The Balaban J connectivity index is 1.46. The second-order valence-corrected chi connectivity index (χ2v) is 6.96. The van der Waals surface area contributed by atoms with E-state index in [0.29, 0.717) is 11.6 Å². The average Bonchev–Trinajstić information content (AvgIpc) is 3.29. The highest BCUT2D eigenvalue weighted by Gasteiger charge is 2.22. The molecule has 0 radical (unpaired) electrons. The summed E-state index contributed by atoms with van der Waals surface area (Å²) in [6, 6.07) is 8.08. The van der Waals surface area contributed by atoms with Crippen molar-refractivity contribution < 1.29 is 9.53 Å². The summed E-state index contributed by atoms with van der Waals surface area (Å²) < 4.78 is 7.64. The number of fused-ring (bicyclic) bond motifs is 1. The minimum absolute atomic E-state index is 0.0335. The molecule has 24 heavy (non-hydrogen) atoms. The van der Waals surface area contributed by atoms with Gasteiger partial charge in [0, 0.05) is 30.8 Å². The SMILES string of the molecule is Cn1cc(CC(=O)Nc2nnc(C3CCCO3)s2)c2ccccc21. The van der Waals surface area contributed by atoms with Crippen molar-refractivity contribution in [1.82, 2.24) is 14.8 Å². The standard InChI is InChI=1S/C17H18N4O2S/c1-21-10-11(12-5-2-3-6-13(12)21)9-15(22)18-17-20-19-16(24-17)14-7-4-8-23-14/h2-3,5-6,10,14H,4,7-9H2,1H3,(H,18,20,22). The molecule has 2 aromatic heterocycles. The highest BCUT2D eigenvalue weighted by Crippen LogP contribution is 2.32. The third-order valence-corrected chi connectivity index (χ3v) is 5.15. The quantitative estimate of drug-likeness (QED) is 0.791. The second-order valence-electron chi connectivity index (χ2n) is 5.95. The lowest BCUT2D eigenvalue weighted by Crippen LogP contribution is -2.14. The van der Waals surface area contributed by atoms with Crippen LogP contribution in [0.2, 0.25) is 0 Å². The molecule has 1 aliphatic rings. The molecule has 0 spiro atoms. The molecule has 0 aliphatic carbocycles. The third kappa shape index (κ3) is 2.92. The van der Waals surface area contributed by atoms with Crippen LogP contribution in [0.5, 0.6) is 0 Å². The van der Waals surface area contributed by atoms with E-state index in [4.69, 9.17) is 4.74 Å². The molecule has 0 bridgehead atoms. The fraction of sp³-hybridized carbons (Fsp3) is 0.353. The summed E-state index contributed by atoms with van der Waals surface area (Å²) in [7, 11) is 1.99. The summed E-state index contributed by atoms with van der Waals surface area (Å²) in [6.07, 6.45) is 4.37. The molecular weight excluding hydrogens is 324 g/mol. The van der Waals surface area contributed by atoms with E-state index < -0.39 is 0 Å². The molecule has 4 rings (SSSR count). The van der Waals surface area contributed by atoms with Gasteiger partial charge in [-0.3, -0.25) is 4.79 Å². The van der Waals surface area contributed by atoms with Gasteiger partial charge < -0.3 is 14.6 Å². The number of aryl methyl sites for hydroxylation is 1. The van der Waals surface area contributed by atoms with Crippen molar-refractivity contribution in [3.05, 3.63) is 41.0 Å². The maximum Gasteiger partial charge on any atom is 0.230 e. The van der Waals surface area contributed by atoms with Crippen molar-refractivity contribution in [1.29, 1.82) is 0 Å². The summed E-state index contributed by atoms with van der Waals surface area (Å²) in [5.41, 5.74) is 2.13. The molecule has 1 unspecified atom stereocenters. The van der Waals surface area contributed by atoms with Crippen molar-refractivity contribution in [3.8, 4) is 0 Å². The molecular formula is C17H18N4O2S. The van der Waals surface area contributed by atoms with Gasteiger partial charge >= 0.3 is 0 Å². The van der Waals surface area contributed by atoms with E-state index in [-0.39, 0.29) is 12.0 Å². The monoisotopic (exact) mass is 342 g/mol. The molecule has 1 aromatic carbocycles. The highest BCUT2D eigenvalue weighted by molar-refractivity contribution is 7.15. The van der Waals surface area contributed by atoms with E-state index in [1.165, 1.54) is 11.3 Å². The van der Waals surface area contributed by atoms with Crippen LogP contribution in [0, 0.1) is 0 Å². The van der Waals surface area contributed by atoms with Crippen molar-refractivity contribution in [2.24, 2.45) is 7.05 Å². The molecule has 0 saturated carbocycles. The minimum atomic E-state index is -0.0820.